The number of hydrogen-bond acceptors (Lipinski definition) is 4. The lowest BCUT2D eigenvalue weighted by molar-refractivity contribution is -0.135. The Morgan fingerprint density at radius 2 is 1.74 bits per heavy atom. The number of ether oxygens (including phenoxy) is 1. The lowest BCUT2D eigenvalue weighted by Gasteiger charge is -2.37. The number of amides is 3. The highest BCUT2D eigenvalue weighted by Gasteiger charge is 2.36. The molecule has 7 nitrogen and oxygen atoms in total. The molecule has 1 unspecified atom stereocenters. The fourth-order valence-electron chi connectivity index (χ4n) is 4.46. The van der Waals surface area contributed by atoms with Gasteiger partial charge in [0.2, 0.25) is 11.8 Å². The minimum absolute atomic E-state index is 0.000651. The summed E-state index contributed by atoms with van der Waals surface area (Å²) in [6, 6.07) is 6.39. The van der Waals surface area contributed by atoms with E-state index >= 15 is 0 Å². The maximum absolute atomic E-state index is 13.3. The van der Waals surface area contributed by atoms with Gasteiger partial charge in [0.15, 0.2) is 0 Å². The summed E-state index contributed by atoms with van der Waals surface area (Å²) in [5.74, 6) is 0.862. The number of likely N-dealkylation sites (tertiary alicyclic amines) is 2. The molecule has 0 aromatic heterocycles. The summed E-state index contributed by atoms with van der Waals surface area (Å²) in [4.78, 5) is 42.5. The van der Waals surface area contributed by atoms with Crippen LogP contribution >= 0.6 is 0 Å². The Hall–Kier alpha value is -2.57. The first-order valence-corrected chi connectivity index (χ1v) is 11.4. The molecule has 1 aromatic carbocycles. The molecule has 0 bridgehead atoms. The number of nitrogens with one attached hydrogen (secondary N) is 1. The third-order valence-electron chi connectivity index (χ3n) is 6.25. The quantitative estimate of drug-likeness (QED) is 0.723. The molecule has 3 rings (SSSR count). The van der Waals surface area contributed by atoms with Crippen LogP contribution in [0.15, 0.2) is 24.3 Å². The van der Waals surface area contributed by atoms with E-state index in [4.69, 9.17) is 4.74 Å². The van der Waals surface area contributed by atoms with Crippen molar-refractivity contribution in [3.05, 3.63) is 29.8 Å². The Morgan fingerprint density at radius 1 is 1.06 bits per heavy atom. The van der Waals surface area contributed by atoms with Gasteiger partial charge < -0.3 is 19.9 Å². The number of nitrogens with zero attached hydrogens (tertiary/aromatic N) is 2. The predicted octanol–water partition coefficient (Wildman–Crippen LogP) is 2.70. The van der Waals surface area contributed by atoms with E-state index in [1.807, 2.05) is 23.6 Å². The second kappa shape index (κ2) is 10.6. The van der Waals surface area contributed by atoms with Crippen LogP contribution < -0.4 is 10.1 Å². The summed E-state index contributed by atoms with van der Waals surface area (Å²) in [6.07, 6.45) is 3.99. The molecule has 0 radical (unpaired) electrons. The van der Waals surface area contributed by atoms with E-state index in [2.05, 4.69) is 5.32 Å². The van der Waals surface area contributed by atoms with Crippen molar-refractivity contribution in [2.24, 2.45) is 11.8 Å². The van der Waals surface area contributed by atoms with Gasteiger partial charge in [-0.1, -0.05) is 19.9 Å². The summed E-state index contributed by atoms with van der Waals surface area (Å²) in [5.41, 5.74) is 0.475. The van der Waals surface area contributed by atoms with Crippen LogP contribution in [0.3, 0.4) is 0 Å². The van der Waals surface area contributed by atoms with Gasteiger partial charge in [0, 0.05) is 38.2 Å². The molecule has 0 spiro atoms. The van der Waals surface area contributed by atoms with Crippen LogP contribution in [-0.2, 0) is 9.59 Å². The Labute approximate surface area is 185 Å². The largest absolute Gasteiger partial charge is 0.497 e. The third kappa shape index (κ3) is 5.99. The molecule has 2 aliphatic rings. The lowest BCUT2D eigenvalue weighted by Crippen LogP contribution is -2.54. The number of rotatable bonds is 7. The van der Waals surface area contributed by atoms with Gasteiger partial charge in [-0.15, -0.1) is 0 Å². The lowest BCUT2D eigenvalue weighted by atomic mass is 9.88. The molecule has 1 aromatic rings. The molecule has 7 heteroatoms. The smallest absolute Gasteiger partial charge is 0.252 e. The SMILES string of the molecule is COc1cccc(C(=O)NC(C(=O)N2CCCC2)C2CCN(C(=O)CC(C)C)CC2)c1. The van der Waals surface area contributed by atoms with E-state index in [0.29, 0.717) is 49.6 Å². The highest BCUT2D eigenvalue weighted by Crippen LogP contribution is 2.25. The number of carbonyl (C=O) groups excluding carboxylic acids is 3. The van der Waals surface area contributed by atoms with Gasteiger partial charge in [0.1, 0.15) is 11.8 Å². The molecule has 170 valence electrons. The van der Waals surface area contributed by atoms with E-state index in [9.17, 15) is 14.4 Å². The van der Waals surface area contributed by atoms with E-state index < -0.39 is 6.04 Å². The van der Waals surface area contributed by atoms with Crippen molar-refractivity contribution in [1.82, 2.24) is 15.1 Å². The van der Waals surface area contributed by atoms with Crippen molar-refractivity contribution in [3.63, 3.8) is 0 Å². The van der Waals surface area contributed by atoms with Crippen LogP contribution in [0.1, 0.15) is 56.3 Å². The number of piperidine rings is 1. The number of methoxy groups -OCH3 is 1. The molecule has 2 fully saturated rings. The van der Waals surface area contributed by atoms with E-state index in [1.54, 1.807) is 31.4 Å². The Balaban J connectivity index is 1.70. The van der Waals surface area contributed by atoms with Gasteiger partial charge in [0.25, 0.3) is 5.91 Å². The summed E-state index contributed by atoms with van der Waals surface area (Å²) in [6.45, 7) is 6.85. The zero-order valence-electron chi connectivity index (χ0n) is 18.9. The minimum Gasteiger partial charge on any atom is -0.497 e. The molecule has 3 amide bonds. The van der Waals surface area contributed by atoms with Crippen molar-refractivity contribution < 1.29 is 19.1 Å². The Morgan fingerprint density at radius 3 is 2.35 bits per heavy atom. The van der Waals surface area contributed by atoms with Gasteiger partial charge >= 0.3 is 0 Å². The van der Waals surface area contributed by atoms with Crippen molar-refractivity contribution in [2.75, 3.05) is 33.3 Å². The highest BCUT2D eigenvalue weighted by atomic mass is 16.5. The van der Waals surface area contributed by atoms with Crippen LogP contribution in [0, 0.1) is 11.8 Å². The maximum atomic E-state index is 13.3. The fourth-order valence-corrected chi connectivity index (χ4v) is 4.46. The van der Waals surface area contributed by atoms with Gasteiger partial charge in [-0.2, -0.15) is 0 Å². The monoisotopic (exact) mass is 429 g/mol. The molecule has 0 saturated carbocycles. The first kappa shape index (κ1) is 23.1. The van der Waals surface area contributed by atoms with Crippen LogP contribution in [0.4, 0.5) is 0 Å². The predicted molar refractivity (Wildman–Crippen MR) is 119 cm³/mol. The topological polar surface area (TPSA) is 79.0 Å². The molecule has 2 heterocycles. The van der Waals surface area contributed by atoms with E-state index in [-0.39, 0.29) is 23.6 Å². The maximum Gasteiger partial charge on any atom is 0.252 e. The summed E-state index contributed by atoms with van der Waals surface area (Å²) in [7, 11) is 1.56. The fraction of sp³-hybridized carbons (Fsp3) is 0.625. The molecular weight excluding hydrogens is 394 g/mol. The molecule has 2 aliphatic heterocycles. The second-order valence-electron chi connectivity index (χ2n) is 9.03. The van der Waals surface area contributed by atoms with Crippen LogP contribution in [0.2, 0.25) is 0 Å². The molecule has 1 atom stereocenters. The summed E-state index contributed by atoms with van der Waals surface area (Å²) >= 11 is 0. The summed E-state index contributed by atoms with van der Waals surface area (Å²) < 4.78 is 5.22. The first-order valence-electron chi connectivity index (χ1n) is 11.4. The van der Waals surface area contributed by atoms with Crippen LogP contribution in [0.5, 0.6) is 5.75 Å². The van der Waals surface area contributed by atoms with Crippen LogP contribution in [0.25, 0.3) is 0 Å². The molecular formula is C24H35N3O4. The third-order valence-corrected chi connectivity index (χ3v) is 6.25. The average molecular weight is 430 g/mol. The number of hydrogen-bond donors (Lipinski definition) is 1. The van der Waals surface area contributed by atoms with E-state index in [1.165, 1.54) is 0 Å². The normalized spacial score (nSPS) is 18.2. The van der Waals surface area contributed by atoms with Crippen molar-refractivity contribution in [1.29, 1.82) is 0 Å². The number of benzene rings is 1. The van der Waals surface area contributed by atoms with Gasteiger partial charge in [0.05, 0.1) is 7.11 Å². The minimum atomic E-state index is -0.570. The molecule has 31 heavy (non-hydrogen) atoms. The zero-order chi connectivity index (χ0) is 22.4. The Bertz CT molecular complexity index is 781. The van der Waals surface area contributed by atoms with E-state index in [0.717, 1.165) is 25.9 Å². The van der Waals surface area contributed by atoms with Gasteiger partial charge in [-0.05, 0) is 55.7 Å². The van der Waals surface area contributed by atoms with Crippen molar-refractivity contribution in [2.45, 2.75) is 52.0 Å². The second-order valence-corrected chi connectivity index (χ2v) is 9.03. The van der Waals surface area contributed by atoms with Crippen LogP contribution in [-0.4, -0.2) is 66.9 Å². The zero-order valence-corrected chi connectivity index (χ0v) is 18.9. The average Bonchev–Trinajstić information content (AvgIpc) is 3.31. The summed E-state index contributed by atoms with van der Waals surface area (Å²) in [5, 5.41) is 3.02. The van der Waals surface area contributed by atoms with Crippen molar-refractivity contribution >= 4 is 17.7 Å². The number of carbonyl (C=O) groups is 3. The van der Waals surface area contributed by atoms with Gasteiger partial charge in [-0.3, -0.25) is 14.4 Å². The molecule has 2 saturated heterocycles. The standard InChI is InChI=1S/C24H35N3O4/c1-17(2)15-21(28)26-13-9-18(10-14-26)22(24(30)27-11-4-5-12-27)25-23(29)19-7-6-8-20(16-19)31-3/h6-8,16-18,22H,4-5,9-15H2,1-3H3,(H,25,29). The van der Waals surface area contributed by atoms with Gasteiger partial charge in [-0.25, -0.2) is 0 Å². The first-order chi connectivity index (χ1) is 14.9. The van der Waals surface area contributed by atoms with Crippen molar-refractivity contribution in [3.8, 4) is 5.75 Å². The molecule has 1 N–H and O–H groups in total. The highest BCUT2D eigenvalue weighted by molar-refractivity contribution is 5.98. The molecule has 0 aliphatic carbocycles. The Kier molecular flexibility index (Phi) is 7.93.